The lowest BCUT2D eigenvalue weighted by molar-refractivity contribution is 0.628. The van der Waals surface area contributed by atoms with Crippen LogP contribution in [0.1, 0.15) is 0 Å². The van der Waals surface area contributed by atoms with Crippen LogP contribution in [-0.4, -0.2) is 4.57 Å². The summed E-state index contributed by atoms with van der Waals surface area (Å²) in [7, 11) is 0. The van der Waals surface area contributed by atoms with Crippen LogP contribution in [0.5, 0.6) is 0 Å². The molecule has 0 radical (unpaired) electrons. The summed E-state index contributed by atoms with van der Waals surface area (Å²) in [6, 6.07) is 4.90. The Morgan fingerprint density at radius 3 is 3.00 bits per heavy atom. The molecule has 14 heavy (non-hydrogen) atoms. The summed E-state index contributed by atoms with van der Waals surface area (Å²) in [6.45, 7) is 4.41. The van der Waals surface area contributed by atoms with Crippen LogP contribution in [0.3, 0.4) is 0 Å². The maximum atomic E-state index is 13.0. The van der Waals surface area contributed by atoms with Crippen molar-refractivity contribution in [1.82, 2.24) is 4.57 Å². The lowest BCUT2D eigenvalue weighted by Crippen LogP contribution is -1.92. The zero-order chi connectivity index (χ0) is 10.1. The summed E-state index contributed by atoms with van der Waals surface area (Å²) < 4.78 is 15.8. The van der Waals surface area contributed by atoms with Crippen LogP contribution >= 0.6 is 15.9 Å². The van der Waals surface area contributed by atoms with E-state index in [1.165, 1.54) is 12.1 Å². The van der Waals surface area contributed by atoms with Crippen molar-refractivity contribution in [2.45, 2.75) is 6.54 Å². The third-order valence-electron chi connectivity index (χ3n) is 2.10. The molecule has 1 aromatic heterocycles. The number of hydrogen-bond donors (Lipinski definition) is 0. The fraction of sp³-hybridized carbons (Fsp3) is 0.0909. The van der Waals surface area contributed by atoms with E-state index in [9.17, 15) is 4.39 Å². The topological polar surface area (TPSA) is 4.93 Å². The molecule has 0 N–H and O–H groups in total. The standard InChI is InChI=1S/C11H9BrFN/c1-2-4-14-5-3-8-6-9(13)7-10(12)11(8)14/h2-3,5-7H,1,4H2. The van der Waals surface area contributed by atoms with Gasteiger partial charge in [0.25, 0.3) is 0 Å². The average molecular weight is 254 g/mol. The van der Waals surface area contributed by atoms with Crippen LogP contribution in [0.25, 0.3) is 10.9 Å². The van der Waals surface area contributed by atoms with Crippen LogP contribution in [0.15, 0.2) is 41.5 Å². The number of rotatable bonds is 2. The van der Waals surface area contributed by atoms with Gasteiger partial charge in [-0.25, -0.2) is 4.39 Å². The van der Waals surface area contributed by atoms with Crippen molar-refractivity contribution in [3.05, 3.63) is 47.3 Å². The monoisotopic (exact) mass is 253 g/mol. The molecule has 0 saturated carbocycles. The Labute approximate surface area is 90.0 Å². The van der Waals surface area contributed by atoms with Gasteiger partial charge in [-0.2, -0.15) is 0 Å². The lowest BCUT2D eigenvalue weighted by atomic mass is 10.2. The number of halogens is 2. The molecule has 3 heteroatoms. The van der Waals surface area contributed by atoms with Gasteiger partial charge in [-0.05, 0) is 34.1 Å². The first-order valence-corrected chi connectivity index (χ1v) is 5.06. The molecular weight excluding hydrogens is 245 g/mol. The summed E-state index contributed by atoms with van der Waals surface area (Å²) in [5, 5.41) is 0.902. The molecule has 0 unspecified atom stereocenters. The van der Waals surface area contributed by atoms with Crippen molar-refractivity contribution in [2.24, 2.45) is 0 Å². The molecule has 0 atom stereocenters. The largest absolute Gasteiger partial charge is 0.343 e. The van der Waals surface area contributed by atoms with E-state index in [0.717, 1.165) is 21.9 Å². The van der Waals surface area contributed by atoms with E-state index in [1.807, 2.05) is 22.9 Å². The molecular formula is C11H9BrFN. The van der Waals surface area contributed by atoms with E-state index in [0.29, 0.717) is 0 Å². The highest BCUT2D eigenvalue weighted by Gasteiger charge is 2.05. The van der Waals surface area contributed by atoms with Gasteiger partial charge in [0.15, 0.2) is 0 Å². The van der Waals surface area contributed by atoms with Crippen LogP contribution in [-0.2, 0) is 6.54 Å². The second-order valence-electron chi connectivity index (χ2n) is 3.08. The minimum Gasteiger partial charge on any atom is -0.343 e. The molecule has 2 aromatic rings. The van der Waals surface area contributed by atoms with E-state index >= 15 is 0 Å². The molecule has 0 aliphatic heterocycles. The summed E-state index contributed by atoms with van der Waals surface area (Å²) in [5.41, 5.74) is 1.01. The number of fused-ring (bicyclic) bond motifs is 1. The summed E-state index contributed by atoms with van der Waals surface area (Å²) in [4.78, 5) is 0. The Hall–Kier alpha value is -1.09. The van der Waals surface area contributed by atoms with Gasteiger partial charge in [0.1, 0.15) is 5.82 Å². The Balaban J connectivity index is 2.72. The predicted octanol–water partition coefficient (Wildman–Crippen LogP) is 3.73. The van der Waals surface area contributed by atoms with Crippen LogP contribution in [0.2, 0.25) is 0 Å². The molecule has 1 aromatic carbocycles. The highest BCUT2D eigenvalue weighted by Crippen LogP contribution is 2.26. The second kappa shape index (κ2) is 3.58. The van der Waals surface area contributed by atoms with Crippen molar-refractivity contribution >= 4 is 26.8 Å². The molecule has 0 bridgehead atoms. The summed E-state index contributed by atoms with van der Waals surface area (Å²) >= 11 is 3.35. The molecule has 2 rings (SSSR count). The minimum atomic E-state index is -0.222. The number of hydrogen-bond acceptors (Lipinski definition) is 0. The van der Waals surface area contributed by atoms with Gasteiger partial charge in [0.05, 0.1) is 5.52 Å². The average Bonchev–Trinajstić information content (AvgIpc) is 2.49. The smallest absolute Gasteiger partial charge is 0.125 e. The molecule has 1 heterocycles. The van der Waals surface area contributed by atoms with E-state index in [2.05, 4.69) is 22.5 Å². The molecule has 1 nitrogen and oxygen atoms in total. The zero-order valence-electron chi connectivity index (χ0n) is 7.50. The lowest BCUT2D eigenvalue weighted by Gasteiger charge is -2.03. The van der Waals surface area contributed by atoms with Crippen LogP contribution in [0, 0.1) is 5.82 Å². The quantitative estimate of drug-likeness (QED) is 0.719. The van der Waals surface area contributed by atoms with Crippen molar-refractivity contribution in [1.29, 1.82) is 0 Å². The van der Waals surface area contributed by atoms with Gasteiger partial charge < -0.3 is 4.57 Å². The van der Waals surface area contributed by atoms with Crippen LogP contribution < -0.4 is 0 Å². The highest BCUT2D eigenvalue weighted by atomic mass is 79.9. The second-order valence-corrected chi connectivity index (χ2v) is 3.94. The molecule has 0 fully saturated rings. The molecule has 0 spiro atoms. The first-order valence-electron chi connectivity index (χ1n) is 4.27. The third kappa shape index (κ3) is 1.48. The first kappa shape index (κ1) is 9.46. The van der Waals surface area contributed by atoms with Crippen molar-refractivity contribution < 1.29 is 4.39 Å². The van der Waals surface area contributed by atoms with Gasteiger partial charge in [0, 0.05) is 22.6 Å². The zero-order valence-corrected chi connectivity index (χ0v) is 9.09. The first-order chi connectivity index (χ1) is 6.72. The Morgan fingerprint density at radius 2 is 2.29 bits per heavy atom. The number of nitrogens with zero attached hydrogens (tertiary/aromatic N) is 1. The van der Waals surface area contributed by atoms with E-state index in [4.69, 9.17) is 0 Å². The van der Waals surface area contributed by atoms with Crippen molar-refractivity contribution in [3.8, 4) is 0 Å². The third-order valence-corrected chi connectivity index (χ3v) is 2.71. The molecule has 0 saturated heterocycles. The summed E-state index contributed by atoms with van der Waals surface area (Å²) in [6.07, 6.45) is 3.74. The van der Waals surface area contributed by atoms with Crippen molar-refractivity contribution in [2.75, 3.05) is 0 Å². The van der Waals surface area contributed by atoms with Gasteiger partial charge in [-0.15, -0.1) is 6.58 Å². The Morgan fingerprint density at radius 1 is 1.50 bits per heavy atom. The van der Waals surface area contributed by atoms with Gasteiger partial charge in [-0.3, -0.25) is 0 Å². The minimum absolute atomic E-state index is 0.222. The van der Waals surface area contributed by atoms with E-state index in [-0.39, 0.29) is 5.82 Å². The van der Waals surface area contributed by atoms with Gasteiger partial charge in [0.2, 0.25) is 0 Å². The maximum Gasteiger partial charge on any atom is 0.125 e. The molecule has 0 aliphatic carbocycles. The van der Waals surface area contributed by atoms with Gasteiger partial charge in [-0.1, -0.05) is 6.08 Å². The van der Waals surface area contributed by atoms with Gasteiger partial charge >= 0.3 is 0 Å². The Bertz CT molecular complexity index is 487. The number of benzene rings is 1. The molecule has 0 amide bonds. The van der Waals surface area contributed by atoms with E-state index < -0.39 is 0 Å². The predicted molar refractivity (Wildman–Crippen MR) is 59.8 cm³/mol. The van der Waals surface area contributed by atoms with E-state index in [1.54, 1.807) is 0 Å². The fourth-order valence-corrected chi connectivity index (χ4v) is 2.23. The summed E-state index contributed by atoms with van der Waals surface area (Å²) in [5.74, 6) is -0.222. The number of allylic oxidation sites excluding steroid dienone is 1. The fourth-order valence-electron chi connectivity index (χ4n) is 1.55. The highest BCUT2D eigenvalue weighted by molar-refractivity contribution is 9.10. The number of aromatic nitrogens is 1. The SMILES string of the molecule is C=CCn1ccc2cc(F)cc(Br)c21. The Kier molecular flexibility index (Phi) is 2.42. The van der Waals surface area contributed by atoms with Crippen LogP contribution in [0.4, 0.5) is 4.39 Å². The molecule has 72 valence electrons. The molecule has 0 aliphatic rings. The normalized spacial score (nSPS) is 10.7. The van der Waals surface area contributed by atoms with Crippen molar-refractivity contribution in [3.63, 3.8) is 0 Å². The maximum absolute atomic E-state index is 13.0.